The molecule has 0 heterocycles. The summed E-state index contributed by atoms with van der Waals surface area (Å²) in [5, 5.41) is 20.3. The molecule has 1 aliphatic carbocycles. The molecule has 1 fully saturated rings. The van der Waals surface area contributed by atoms with E-state index in [2.05, 4.69) is 0 Å². The topological polar surface area (TPSA) is 84.9 Å². The van der Waals surface area contributed by atoms with Gasteiger partial charge in [-0.2, -0.15) is 0 Å². The van der Waals surface area contributed by atoms with Crippen LogP contribution in [0, 0.1) is 5.92 Å². The Hall–Kier alpha value is -1.17. The predicted octanol–water partition coefficient (Wildman–Crippen LogP) is 2.38. The third-order valence-corrected chi connectivity index (χ3v) is 4.14. The van der Waals surface area contributed by atoms with Crippen LogP contribution in [0.3, 0.4) is 0 Å². The average Bonchev–Trinajstić information content (AvgIpc) is 3.00. The SMILES string of the molecule is COc1cc([C@@H](N)[C@@H](O)C2CCCC2)cc(OC)c1O.Cl. The van der Waals surface area contributed by atoms with E-state index in [-0.39, 0.29) is 24.1 Å². The highest BCUT2D eigenvalue weighted by atomic mass is 35.5. The lowest BCUT2D eigenvalue weighted by Crippen LogP contribution is -2.31. The van der Waals surface area contributed by atoms with Crippen molar-refractivity contribution in [1.82, 2.24) is 0 Å². The molecule has 0 saturated heterocycles. The Morgan fingerprint density at radius 1 is 1.14 bits per heavy atom. The van der Waals surface area contributed by atoms with Crippen LogP contribution in [-0.4, -0.2) is 30.5 Å². The largest absolute Gasteiger partial charge is 0.502 e. The number of halogens is 1. The Labute approximate surface area is 131 Å². The maximum absolute atomic E-state index is 10.4. The van der Waals surface area contributed by atoms with Crippen LogP contribution in [0.25, 0.3) is 0 Å². The Morgan fingerprint density at radius 3 is 2.05 bits per heavy atom. The highest BCUT2D eigenvalue weighted by molar-refractivity contribution is 5.85. The number of hydrogen-bond acceptors (Lipinski definition) is 5. The van der Waals surface area contributed by atoms with Crippen molar-refractivity contribution < 1.29 is 19.7 Å². The summed E-state index contributed by atoms with van der Waals surface area (Å²) in [5.74, 6) is 0.791. The molecule has 0 aromatic heterocycles. The van der Waals surface area contributed by atoms with E-state index in [4.69, 9.17) is 15.2 Å². The van der Waals surface area contributed by atoms with E-state index in [1.807, 2.05) is 0 Å². The highest BCUT2D eigenvalue weighted by Crippen LogP contribution is 2.40. The smallest absolute Gasteiger partial charge is 0.200 e. The molecule has 0 bridgehead atoms. The lowest BCUT2D eigenvalue weighted by molar-refractivity contribution is 0.0843. The van der Waals surface area contributed by atoms with Crippen molar-refractivity contribution in [2.24, 2.45) is 11.7 Å². The van der Waals surface area contributed by atoms with Gasteiger partial charge in [0.25, 0.3) is 0 Å². The number of benzene rings is 1. The van der Waals surface area contributed by atoms with Crippen molar-refractivity contribution in [2.45, 2.75) is 37.8 Å². The summed E-state index contributed by atoms with van der Waals surface area (Å²) in [6.07, 6.45) is 3.74. The first-order valence-corrected chi connectivity index (χ1v) is 6.97. The standard InChI is InChI=1S/C15H23NO4.ClH/c1-19-11-7-10(8-12(20-2)15(11)18)13(16)14(17)9-5-3-4-6-9;/h7-9,13-14,17-18H,3-6,16H2,1-2H3;1H/t13-,14+;/m1./s1. The van der Waals surface area contributed by atoms with Gasteiger partial charge in [-0.25, -0.2) is 0 Å². The summed E-state index contributed by atoms with van der Waals surface area (Å²) >= 11 is 0. The Kier molecular flexibility index (Phi) is 6.58. The molecule has 0 unspecified atom stereocenters. The van der Waals surface area contributed by atoms with Gasteiger partial charge in [0.15, 0.2) is 11.5 Å². The molecule has 5 nitrogen and oxygen atoms in total. The third-order valence-electron chi connectivity index (χ3n) is 4.14. The summed E-state index contributed by atoms with van der Waals surface area (Å²) < 4.78 is 10.2. The van der Waals surface area contributed by atoms with E-state index >= 15 is 0 Å². The maximum Gasteiger partial charge on any atom is 0.200 e. The van der Waals surface area contributed by atoms with Crippen molar-refractivity contribution >= 4 is 12.4 Å². The van der Waals surface area contributed by atoms with Gasteiger partial charge in [0.1, 0.15) is 0 Å². The normalized spacial score (nSPS) is 17.9. The fourth-order valence-electron chi connectivity index (χ4n) is 2.90. The number of methoxy groups -OCH3 is 2. The lowest BCUT2D eigenvalue weighted by Gasteiger charge is -2.25. The minimum Gasteiger partial charge on any atom is -0.502 e. The molecule has 1 aromatic rings. The zero-order valence-corrected chi connectivity index (χ0v) is 13.2. The second-order valence-electron chi connectivity index (χ2n) is 5.33. The van der Waals surface area contributed by atoms with Gasteiger partial charge in [-0.05, 0) is 36.5 Å². The van der Waals surface area contributed by atoms with Crippen LogP contribution >= 0.6 is 12.4 Å². The number of hydrogen-bond donors (Lipinski definition) is 3. The summed E-state index contributed by atoms with van der Waals surface area (Å²) in [6.45, 7) is 0. The maximum atomic E-state index is 10.4. The van der Waals surface area contributed by atoms with Crippen LogP contribution in [0.2, 0.25) is 0 Å². The van der Waals surface area contributed by atoms with E-state index in [1.54, 1.807) is 12.1 Å². The van der Waals surface area contributed by atoms with Gasteiger partial charge in [-0.3, -0.25) is 0 Å². The van der Waals surface area contributed by atoms with Gasteiger partial charge in [-0.1, -0.05) is 12.8 Å². The Bertz CT molecular complexity index is 438. The Balaban J connectivity index is 0.00000220. The summed E-state index contributed by atoms with van der Waals surface area (Å²) in [4.78, 5) is 0. The van der Waals surface area contributed by atoms with Gasteiger partial charge in [0.2, 0.25) is 5.75 Å². The van der Waals surface area contributed by atoms with Crippen LogP contribution in [-0.2, 0) is 0 Å². The molecule has 1 aliphatic rings. The van der Waals surface area contributed by atoms with E-state index in [0.29, 0.717) is 17.1 Å². The van der Waals surface area contributed by atoms with Crippen molar-refractivity contribution in [3.63, 3.8) is 0 Å². The number of nitrogens with two attached hydrogens (primary N) is 1. The van der Waals surface area contributed by atoms with Gasteiger partial charge < -0.3 is 25.4 Å². The van der Waals surface area contributed by atoms with Crippen LogP contribution < -0.4 is 15.2 Å². The molecule has 0 radical (unpaired) electrons. The number of phenolic OH excluding ortho intramolecular Hbond substituents is 1. The van der Waals surface area contributed by atoms with Crippen LogP contribution in [0.1, 0.15) is 37.3 Å². The molecule has 2 rings (SSSR count). The number of aliphatic hydroxyl groups excluding tert-OH is 1. The first-order chi connectivity index (χ1) is 9.58. The van der Waals surface area contributed by atoms with Crippen molar-refractivity contribution in [2.75, 3.05) is 14.2 Å². The van der Waals surface area contributed by atoms with E-state index < -0.39 is 12.1 Å². The average molecular weight is 318 g/mol. The lowest BCUT2D eigenvalue weighted by atomic mass is 9.90. The molecule has 0 spiro atoms. The summed E-state index contributed by atoms with van der Waals surface area (Å²) in [5.41, 5.74) is 6.88. The van der Waals surface area contributed by atoms with E-state index in [9.17, 15) is 10.2 Å². The summed E-state index contributed by atoms with van der Waals surface area (Å²) in [6, 6.07) is 2.79. The fourth-order valence-corrected chi connectivity index (χ4v) is 2.90. The van der Waals surface area contributed by atoms with Crippen LogP contribution in [0.5, 0.6) is 17.2 Å². The monoisotopic (exact) mass is 317 g/mol. The van der Waals surface area contributed by atoms with Crippen LogP contribution in [0.15, 0.2) is 12.1 Å². The molecule has 4 N–H and O–H groups in total. The third kappa shape index (κ3) is 3.73. The number of aromatic hydroxyl groups is 1. The molecular formula is C15H24ClNO4. The molecule has 21 heavy (non-hydrogen) atoms. The van der Waals surface area contributed by atoms with Crippen molar-refractivity contribution in [3.05, 3.63) is 17.7 Å². The summed E-state index contributed by atoms with van der Waals surface area (Å²) in [7, 11) is 2.94. The zero-order chi connectivity index (χ0) is 14.7. The molecule has 0 amide bonds. The van der Waals surface area contributed by atoms with Gasteiger partial charge >= 0.3 is 0 Å². The Morgan fingerprint density at radius 2 is 1.62 bits per heavy atom. The van der Waals surface area contributed by atoms with Gasteiger partial charge in [-0.15, -0.1) is 12.4 Å². The number of aliphatic hydroxyl groups is 1. The van der Waals surface area contributed by atoms with Crippen molar-refractivity contribution in [3.8, 4) is 17.2 Å². The van der Waals surface area contributed by atoms with Crippen molar-refractivity contribution in [1.29, 1.82) is 0 Å². The number of rotatable bonds is 5. The first kappa shape index (κ1) is 17.9. The molecule has 120 valence electrons. The molecule has 1 aromatic carbocycles. The predicted molar refractivity (Wildman–Crippen MR) is 83.4 cm³/mol. The zero-order valence-electron chi connectivity index (χ0n) is 12.4. The second kappa shape index (κ2) is 7.73. The van der Waals surface area contributed by atoms with Crippen LogP contribution in [0.4, 0.5) is 0 Å². The molecule has 1 saturated carbocycles. The fraction of sp³-hybridized carbons (Fsp3) is 0.600. The minimum atomic E-state index is -0.587. The number of phenols is 1. The van der Waals surface area contributed by atoms with Gasteiger partial charge in [0, 0.05) is 0 Å². The first-order valence-electron chi connectivity index (χ1n) is 6.97. The second-order valence-corrected chi connectivity index (χ2v) is 5.33. The minimum absolute atomic E-state index is 0. The van der Waals surface area contributed by atoms with E-state index in [1.165, 1.54) is 14.2 Å². The molecule has 6 heteroatoms. The quantitative estimate of drug-likeness (QED) is 0.776. The molecular weight excluding hydrogens is 294 g/mol. The molecule has 2 atom stereocenters. The van der Waals surface area contributed by atoms with E-state index in [0.717, 1.165) is 25.7 Å². The highest BCUT2D eigenvalue weighted by Gasteiger charge is 2.29. The van der Waals surface area contributed by atoms with Gasteiger partial charge in [0.05, 0.1) is 26.4 Å². The number of ether oxygens (including phenoxy) is 2. The molecule has 0 aliphatic heterocycles.